The van der Waals surface area contributed by atoms with Gasteiger partial charge in [-0.2, -0.15) is 4.31 Å². The van der Waals surface area contributed by atoms with Crippen LogP contribution in [0.1, 0.15) is 18.4 Å². The van der Waals surface area contributed by atoms with Gasteiger partial charge in [0.2, 0.25) is 10.0 Å². The summed E-state index contributed by atoms with van der Waals surface area (Å²) < 4.78 is 32.7. The van der Waals surface area contributed by atoms with Gasteiger partial charge in [-0.05, 0) is 67.8 Å². The number of benzene rings is 2. The Hall–Kier alpha value is -2.97. The first-order valence-corrected chi connectivity index (χ1v) is 11.3. The summed E-state index contributed by atoms with van der Waals surface area (Å²) in [6.45, 7) is 2.98. The Balaban J connectivity index is 1.56. The molecule has 0 atom stereocenters. The molecule has 0 radical (unpaired) electrons. The average Bonchev–Trinajstić information content (AvgIpc) is 3.31. The van der Waals surface area contributed by atoms with Gasteiger partial charge in [0.25, 0.3) is 0 Å². The summed E-state index contributed by atoms with van der Waals surface area (Å²) in [6.07, 6.45) is 1.82. The van der Waals surface area contributed by atoms with Crippen LogP contribution in [0.5, 0.6) is 5.75 Å². The van der Waals surface area contributed by atoms with Crippen LogP contribution in [-0.2, 0) is 10.0 Å². The fourth-order valence-electron chi connectivity index (χ4n) is 3.48. The van der Waals surface area contributed by atoms with Crippen LogP contribution in [-0.4, -0.2) is 43.1 Å². The number of nitrogens with one attached hydrogen (secondary N) is 1. The van der Waals surface area contributed by atoms with E-state index in [1.165, 1.54) is 0 Å². The molecule has 3 aromatic rings. The molecule has 0 unspecified atom stereocenters. The SMILES string of the molecule is COc1ccc(Nc2ccc(-c3ccc(C)c(S(=O)(=O)N4CCCC4)c3)nn2)cc1. The highest BCUT2D eigenvalue weighted by atomic mass is 32.2. The number of methoxy groups -OCH3 is 1. The molecule has 7 nitrogen and oxygen atoms in total. The molecule has 0 bridgehead atoms. The zero-order valence-corrected chi connectivity index (χ0v) is 17.8. The van der Waals surface area contributed by atoms with E-state index in [-0.39, 0.29) is 0 Å². The van der Waals surface area contributed by atoms with Crippen molar-refractivity contribution in [2.45, 2.75) is 24.7 Å². The second-order valence-corrected chi connectivity index (χ2v) is 9.16. The standard InChI is InChI=1S/C22H24N4O3S/c1-16-5-6-17(15-21(16)30(27,28)26-13-3-4-14-26)20-11-12-22(25-24-20)23-18-7-9-19(29-2)10-8-18/h5-12,15H,3-4,13-14H2,1-2H3,(H,23,25). The number of hydrogen-bond donors (Lipinski definition) is 1. The Labute approximate surface area is 176 Å². The first-order valence-electron chi connectivity index (χ1n) is 9.83. The maximum atomic E-state index is 13.0. The average molecular weight is 425 g/mol. The van der Waals surface area contributed by atoms with E-state index in [4.69, 9.17) is 4.74 Å². The van der Waals surface area contributed by atoms with Crippen molar-refractivity contribution in [3.8, 4) is 17.0 Å². The lowest BCUT2D eigenvalue weighted by Crippen LogP contribution is -2.28. The van der Waals surface area contributed by atoms with Crippen LogP contribution in [0.3, 0.4) is 0 Å². The van der Waals surface area contributed by atoms with Gasteiger partial charge < -0.3 is 10.1 Å². The van der Waals surface area contributed by atoms with Crippen molar-refractivity contribution in [1.82, 2.24) is 14.5 Å². The maximum Gasteiger partial charge on any atom is 0.243 e. The topological polar surface area (TPSA) is 84.4 Å². The molecule has 2 aromatic carbocycles. The third-order valence-electron chi connectivity index (χ3n) is 5.19. The number of rotatable bonds is 6. The van der Waals surface area contributed by atoms with Gasteiger partial charge in [0.05, 0.1) is 17.7 Å². The van der Waals surface area contributed by atoms with E-state index in [0.717, 1.165) is 35.4 Å². The summed E-state index contributed by atoms with van der Waals surface area (Å²) in [6, 6.07) is 16.5. The summed E-state index contributed by atoms with van der Waals surface area (Å²) in [5.41, 5.74) is 2.94. The fraction of sp³-hybridized carbons (Fsp3) is 0.273. The molecule has 1 fully saturated rings. The molecule has 0 saturated carbocycles. The number of anilines is 2. The van der Waals surface area contributed by atoms with Gasteiger partial charge in [0.1, 0.15) is 5.75 Å². The first kappa shape index (κ1) is 20.3. The van der Waals surface area contributed by atoms with Crippen LogP contribution < -0.4 is 10.1 Å². The molecule has 1 aromatic heterocycles. The van der Waals surface area contributed by atoms with Gasteiger partial charge in [-0.25, -0.2) is 8.42 Å². The van der Waals surface area contributed by atoms with E-state index in [0.29, 0.717) is 29.5 Å². The molecule has 8 heteroatoms. The molecule has 0 amide bonds. The lowest BCUT2D eigenvalue weighted by atomic mass is 10.1. The van der Waals surface area contributed by atoms with Crippen molar-refractivity contribution >= 4 is 21.5 Å². The minimum absolute atomic E-state index is 0.337. The molecular formula is C22H24N4O3S. The smallest absolute Gasteiger partial charge is 0.243 e. The Kier molecular flexibility index (Phi) is 5.69. The van der Waals surface area contributed by atoms with Gasteiger partial charge in [-0.1, -0.05) is 12.1 Å². The number of nitrogens with zero attached hydrogens (tertiary/aromatic N) is 3. The van der Waals surface area contributed by atoms with Crippen LogP contribution in [0.25, 0.3) is 11.3 Å². The number of aryl methyl sites for hydroxylation is 1. The lowest BCUT2D eigenvalue weighted by Gasteiger charge is -2.17. The molecule has 1 aliphatic heterocycles. The fourth-order valence-corrected chi connectivity index (χ4v) is 5.25. The summed E-state index contributed by atoms with van der Waals surface area (Å²) in [5.74, 6) is 1.38. The number of sulfonamides is 1. The van der Waals surface area contributed by atoms with Gasteiger partial charge in [0.15, 0.2) is 5.82 Å². The molecule has 0 aliphatic carbocycles. The predicted molar refractivity (Wildman–Crippen MR) is 116 cm³/mol. The number of hydrogen-bond acceptors (Lipinski definition) is 6. The van der Waals surface area contributed by atoms with Gasteiger partial charge in [-0.15, -0.1) is 10.2 Å². The molecule has 1 saturated heterocycles. The monoisotopic (exact) mass is 424 g/mol. The zero-order valence-electron chi connectivity index (χ0n) is 17.0. The second-order valence-electron chi connectivity index (χ2n) is 7.25. The van der Waals surface area contributed by atoms with E-state index in [2.05, 4.69) is 15.5 Å². The Bertz CT molecular complexity index is 1120. The van der Waals surface area contributed by atoms with Crippen molar-refractivity contribution in [3.63, 3.8) is 0 Å². The molecule has 4 rings (SSSR count). The molecule has 0 spiro atoms. The maximum absolute atomic E-state index is 13.0. The third kappa shape index (κ3) is 4.15. The lowest BCUT2D eigenvalue weighted by molar-refractivity contribution is 0.415. The Morgan fingerprint density at radius 3 is 2.33 bits per heavy atom. The quantitative estimate of drug-likeness (QED) is 0.644. The van der Waals surface area contributed by atoms with Crippen LogP contribution in [0.15, 0.2) is 59.5 Å². The van der Waals surface area contributed by atoms with Crippen molar-refractivity contribution in [1.29, 1.82) is 0 Å². The molecule has 2 heterocycles. The zero-order chi connectivity index (χ0) is 21.1. The first-order chi connectivity index (χ1) is 14.5. The van der Waals surface area contributed by atoms with E-state index in [1.54, 1.807) is 17.5 Å². The summed E-state index contributed by atoms with van der Waals surface area (Å²) in [7, 11) is -1.87. The predicted octanol–water partition coefficient (Wildman–Crippen LogP) is 3.99. The third-order valence-corrected chi connectivity index (χ3v) is 7.23. The van der Waals surface area contributed by atoms with Crippen molar-refractivity contribution < 1.29 is 13.2 Å². The van der Waals surface area contributed by atoms with Gasteiger partial charge in [-0.3, -0.25) is 0 Å². The van der Waals surface area contributed by atoms with Crippen molar-refractivity contribution in [2.75, 3.05) is 25.5 Å². The normalized spacial score (nSPS) is 14.6. The molecule has 156 valence electrons. The molecule has 1 N–H and O–H groups in total. The summed E-state index contributed by atoms with van der Waals surface area (Å²) in [5, 5.41) is 11.7. The highest BCUT2D eigenvalue weighted by Crippen LogP contribution is 2.28. The van der Waals surface area contributed by atoms with Gasteiger partial charge in [0, 0.05) is 24.3 Å². The van der Waals surface area contributed by atoms with E-state index >= 15 is 0 Å². The minimum Gasteiger partial charge on any atom is -0.497 e. The van der Waals surface area contributed by atoms with Crippen LogP contribution in [0, 0.1) is 6.92 Å². The highest BCUT2D eigenvalue weighted by Gasteiger charge is 2.28. The molecule has 30 heavy (non-hydrogen) atoms. The summed E-state index contributed by atoms with van der Waals surface area (Å²) in [4.78, 5) is 0.337. The molecule has 1 aliphatic rings. The van der Waals surface area contributed by atoms with Crippen LogP contribution >= 0.6 is 0 Å². The Morgan fingerprint density at radius 2 is 1.70 bits per heavy atom. The summed E-state index contributed by atoms with van der Waals surface area (Å²) >= 11 is 0. The van der Waals surface area contributed by atoms with Crippen molar-refractivity contribution in [3.05, 3.63) is 60.2 Å². The van der Waals surface area contributed by atoms with Crippen molar-refractivity contribution in [2.24, 2.45) is 0 Å². The van der Waals surface area contributed by atoms with Gasteiger partial charge >= 0.3 is 0 Å². The van der Waals surface area contributed by atoms with Crippen LogP contribution in [0.2, 0.25) is 0 Å². The van der Waals surface area contributed by atoms with E-state index in [9.17, 15) is 8.42 Å². The molecular weight excluding hydrogens is 400 g/mol. The van der Waals surface area contributed by atoms with Crippen LogP contribution in [0.4, 0.5) is 11.5 Å². The highest BCUT2D eigenvalue weighted by molar-refractivity contribution is 7.89. The van der Waals surface area contributed by atoms with E-state index < -0.39 is 10.0 Å². The number of aromatic nitrogens is 2. The van der Waals surface area contributed by atoms with E-state index in [1.807, 2.05) is 55.5 Å². The largest absolute Gasteiger partial charge is 0.497 e. The second kappa shape index (κ2) is 8.41. The minimum atomic E-state index is -3.49. The number of ether oxygens (including phenoxy) is 1. The Morgan fingerprint density at radius 1 is 0.967 bits per heavy atom.